The minimum Gasteiger partial charge on any atom is -0.494 e. The molecule has 1 heterocycles. The van der Waals surface area contributed by atoms with E-state index in [9.17, 15) is 9.50 Å². The Morgan fingerprint density at radius 3 is 2.62 bits per heavy atom. The zero-order valence-corrected chi connectivity index (χ0v) is 13.2. The molecule has 0 amide bonds. The maximum absolute atomic E-state index is 14.3. The molecule has 1 N–H and O–H groups in total. The monoisotopic (exact) mass is 295 g/mol. The maximum Gasteiger partial charge on any atom is 0.168 e. The number of ether oxygens (including phenoxy) is 1. The molecule has 2 unspecified atom stereocenters. The summed E-state index contributed by atoms with van der Waals surface area (Å²) in [6, 6.07) is 5.09. The van der Waals surface area contributed by atoms with Gasteiger partial charge in [-0.15, -0.1) is 0 Å². The molecule has 2 rings (SSSR count). The van der Waals surface area contributed by atoms with Gasteiger partial charge in [0.1, 0.15) is 0 Å². The van der Waals surface area contributed by atoms with Gasteiger partial charge in [-0.3, -0.25) is 4.90 Å². The van der Waals surface area contributed by atoms with Crippen molar-refractivity contribution in [3.8, 4) is 5.75 Å². The van der Waals surface area contributed by atoms with Gasteiger partial charge in [0.15, 0.2) is 11.6 Å². The van der Waals surface area contributed by atoms with E-state index >= 15 is 0 Å². The molecule has 3 nitrogen and oxygen atoms in total. The quantitative estimate of drug-likeness (QED) is 0.875. The first kappa shape index (κ1) is 16.2. The second kappa shape index (κ2) is 6.75. The van der Waals surface area contributed by atoms with E-state index < -0.39 is 6.10 Å². The Bertz CT molecular complexity index is 474. The smallest absolute Gasteiger partial charge is 0.168 e. The second-order valence-corrected chi connectivity index (χ2v) is 6.06. The van der Waals surface area contributed by atoms with Gasteiger partial charge in [0.2, 0.25) is 0 Å². The highest BCUT2D eigenvalue weighted by Gasteiger charge is 2.38. The number of benzene rings is 1. The van der Waals surface area contributed by atoms with Crippen molar-refractivity contribution in [2.45, 2.75) is 51.2 Å². The number of methoxy groups -OCH3 is 1. The van der Waals surface area contributed by atoms with Crippen molar-refractivity contribution < 1.29 is 14.2 Å². The molecule has 1 fully saturated rings. The summed E-state index contributed by atoms with van der Waals surface area (Å²) in [7, 11) is 1.46. The number of nitrogens with zero attached hydrogens (tertiary/aromatic N) is 1. The van der Waals surface area contributed by atoms with Crippen LogP contribution in [0.3, 0.4) is 0 Å². The molecule has 1 aliphatic rings. The number of aliphatic hydroxyl groups excluding tert-OH is 1. The number of aliphatic hydroxyl groups is 1. The van der Waals surface area contributed by atoms with E-state index in [0.29, 0.717) is 12.0 Å². The molecule has 0 aromatic heterocycles. The first-order valence-electron chi connectivity index (χ1n) is 7.77. The van der Waals surface area contributed by atoms with E-state index in [-0.39, 0.29) is 17.1 Å². The average Bonchev–Trinajstić information content (AvgIpc) is 3.03. The van der Waals surface area contributed by atoms with Crippen molar-refractivity contribution >= 4 is 0 Å². The fourth-order valence-corrected chi connectivity index (χ4v) is 3.20. The fourth-order valence-electron chi connectivity index (χ4n) is 3.20. The highest BCUT2D eigenvalue weighted by molar-refractivity contribution is 5.31. The first-order valence-corrected chi connectivity index (χ1v) is 7.77. The highest BCUT2D eigenvalue weighted by atomic mass is 19.1. The van der Waals surface area contributed by atoms with Crippen LogP contribution in [0.25, 0.3) is 0 Å². The van der Waals surface area contributed by atoms with Crippen LogP contribution in [0, 0.1) is 5.82 Å². The van der Waals surface area contributed by atoms with E-state index in [1.165, 1.54) is 20.0 Å². The van der Waals surface area contributed by atoms with Gasteiger partial charge < -0.3 is 9.84 Å². The number of halogens is 1. The van der Waals surface area contributed by atoms with E-state index in [4.69, 9.17) is 4.74 Å². The molecule has 0 saturated carbocycles. The highest BCUT2D eigenvalue weighted by Crippen LogP contribution is 2.31. The Hall–Kier alpha value is -1.13. The van der Waals surface area contributed by atoms with Crippen LogP contribution in [0.2, 0.25) is 0 Å². The van der Waals surface area contributed by atoms with Crippen molar-refractivity contribution in [2.75, 3.05) is 20.2 Å². The summed E-state index contributed by atoms with van der Waals surface area (Å²) in [5.41, 5.74) is 0.215. The number of hydrogen-bond donors (Lipinski definition) is 1. The molecular weight excluding hydrogens is 269 g/mol. The van der Waals surface area contributed by atoms with Crippen LogP contribution in [0.4, 0.5) is 4.39 Å². The lowest BCUT2D eigenvalue weighted by Crippen LogP contribution is -2.53. The molecule has 1 aliphatic heterocycles. The summed E-state index contributed by atoms with van der Waals surface area (Å²) in [6.07, 6.45) is 2.91. The summed E-state index contributed by atoms with van der Waals surface area (Å²) in [6.45, 7) is 6.20. The van der Waals surface area contributed by atoms with Crippen LogP contribution in [-0.4, -0.2) is 41.8 Å². The topological polar surface area (TPSA) is 32.7 Å². The zero-order valence-electron chi connectivity index (χ0n) is 13.2. The van der Waals surface area contributed by atoms with Crippen LogP contribution in [-0.2, 0) is 6.42 Å². The Morgan fingerprint density at radius 2 is 2.05 bits per heavy atom. The van der Waals surface area contributed by atoms with Crippen LogP contribution in [0.5, 0.6) is 5.75 Å². The summed E-state index contributed by atoms with van der Waals surface area (Å²) < 4.78 is 19.3. The van der Waals surface area contributed by atoms with Gasteiger partial charge in [-0.2, -0.15) is 0 Å². The maximum atomic E-state index is 14.3. The van der Waals surface area contributed by atoms with Gasteiger partial charge >= 0.3 is 0 Å². The lowest BCUT2D eigenvalue weighted by Gasteiger charge is -2.42. The summed E-state index contributed by atoms with van der Waals surface area (Å²) in [5.74, 6) is -0.127. The summed E-state index contributed by atoms with van der Waals surface area (Å²) in [4.78, 5) is 2.34. The summed E-state index contributed by atoms with van der Waals surface area (Å²) in [5, 5.41) is 10.7. The van der Waals surface area contributed by atoms with Gasteiger partial charge in [-0.1, -0.05) is 19.1 Å². The number of hydrogen-bond acceptors (Lipinski definition) is 3. The number of likely N-dealkylation sites (tertiary alicyclic amines) is 1. The van der Waals surface area contributed by atoms with Gasteiger partial charge in [0.25, 0.3) is 0 Å². The zero-order chi connectivity index (χ0) is 15.5. The predicted molar refractivity (Wildman–Crippen MR) is 82.2 cm³/mol. The molecule has 0 radical (unpaired) electrons. The Kier molecular flexibility index (Phi) is 5.22. The molecule has 2 atom stereocenters. The SMILES string of the molecule is CCC(C)(C(O)Cc1cccc(OC)c1F)N1CCCC1. The second-order valence-electron chi connectivity index (χ2n) is 6.06. The van der Waals surface area contributed by atoms with Gasteiger partial charge in [0, 0.05) is 12.0 Å². The largest absolute Gasteiger partial charge is 0.494 e. The van der Waals surface area contributed by atoms with Crippen LogP contribution in [0.1, 0.15) is 38.7 Å². The molecule has 4 heteroatoms. The molecule has 21 heavy (non-hydrogen) atoms. The normalized spacial score (nSPS) is 20.2. The first-order chi connectivity index (χ1) is 10.0. The van der Waals surface area contributed by atoms with Crippen molar-refractivity contribution in [1.82, 2.24) is 4.90 Å². The van der Waals surface area contributed by atoms with Gasteiger partial charge in [-0.05, 0) is 50.9 Å². The minimum atomic E-state index is -0.595. The van der Waals surface area contributed by atoms with Crippen molar-refractivity contribution in [1.29, 1.82) is 0 Å². The van der Waals surface area contributed by atoms with Gasteiger partial charge in [0.05, 0.1) is 13.2 Å². The van der Waals surface area contributed by atoms with Crippen molar-refractivity contribution in [2.24, 2.45) is 0 Å². The minimum absolute atomic E-state index is 0.235. The molecule has 1 aromatic rings. The van der Waals surface area contributed by atoms with E-state index in [2.05, 4.69) is 18.7 Å². The third-order valence-electron chi connectivity index (χ3n) is 4.94. The molecule has 1 saturated heterocycles. The molecular formula is C17H26FNO2. The van der Waals surface area contributed by atoms with E-state index in [1.54, 1.807) is 18.2 Å². The van der Waals surface area contributed by atoms with Crippen LogP contribution < -0.4 is 4.74 Å². The molecule has 118 valence electrons. The molecule has 0 spiro atoms. The van der Waals surface area contributed by atoms with Crippen LogP contribution >= 0.6 is 0 Å². The van der Waals surface area contributed by atoms with E-state index in [1.807, 2.05) is 0 Å². The van der Waals surface area contributed by atoms with Gasteiger partial charge in [-0.25, -0.2) is 4.39 Å². The van der Waals surface area contributed by atoms with E-state index in [0.717, 1.165) is 19.5 Å². The lowest BCUT2D eigenvalue weighted by molar-refractivity contribution is -0.0121. The predicted octanol–water partition coefficient (Wildman–Crippen LogP) is 3.00. The number of rotatable bonds is 6. The fraction of sp³-hybridized carbons (Fsp3) is 0.647. The molecule has 1 aromatic carbocycles. The molecule has 0 aliphatic carbocycles. The van der Waals surface area contributed by atoms with Crippen molar-refractivity contribution in [3.05, 3.63) is 29.6 Å². The molecule has 0 bridgehead atoms. The third kappa shape index (κ3) is 3.22. The third-order valence-corrected chi connectivity index (χ3v) is 4.94. The average molecular weight is 295 g/mol. The standard InChI is InChI=1S/C17H26FNO2/c1-4-17(2,19-10-5-6-11-19)15(20)12-13-8-7-9-14(21-3)16(13)18/h7-9,15,20H,4-6,10-12H2,1-3H3. The Morgan fingerprint density at radius 1 is 1.38 bits per heavy atom. The van der Waals surface area contributed by atoms with Crippen LogP contribution in [0.15, 0.2) is 18.2 Å². The lowest BCUT2D eigenvalue weighted by atomic mass is 9.86. The Balaban J connectivity index is 2.17. The Labute approximate surface area is 126 Å². The van der Waals surface area contributed by atoms with Crippen molar-refractivity contribution in [3.63, 3.8) is 0 Å². The summed E-state index contributed by atoms with van der Waals surface area (Å²) >= 11 is 0.